The third-order valence-electron chi connectivity index (χ3n) is 4.08. The maximum Gasteiger partial charge on any atom is 0.236 e. The molecule has 2 aliphatic rings. The molecule has 0 aromatic rings. The molecule has 2 fully saturated rings. The molecule has 0 aromatic carbocycles. The first-order valence-electron chi connectivity index (χ1n) is 7.41. The van der Waals surface area contributed by atoms with Gasteiger partial charge in [0.25, 0.3) is 0 Å². The molecule has 0 spiro atoms. The number of carbonyl (C=O) groups is 2. The van der Waals surface area contributed by atoms with E-state index in [1.807, 2.05) is 9.80 Å². The van der Waals surface area contributed by atoms with Crippen molar-refractivity contribution in [2.24, 2.45) is 5.92 Å². The first kappa shape index (κ1) is 14.3. The largest absolute Gasteiger partial charge is 0.339 e. The zero-order valence-corrected chi connectivity index (χ0v) is 12.0. The summed E-state index contributed by atoms with van der Waals surface area (Å²) in [6, 6.07) is 0.377. The van der Waals surface area contributed by atoms with Gasteiger partial charge in [0.1, 0.15) is 0 Å². The molecule has 2 amide bonds. The van der Waals surface area contributed by atoms with Crippen LogP contribution in [0.2, 0.25) is 0 Å². The Balaban J connectivity index is 1.70. The second-order valence-corrected chi connectivity index (χ2v) is 5.67. The van der Waals surface area contributed by atoms with Crippen LogP contribution >= 0.6 is 0 Å². The molecule has 0 aromatic heterocycles. The van der Waals surface area contributed by atoms with Gasteiger partial charge < -0.3 is 15.1 Å². The van der Waals surface area contributed by atoms with Gasteiger partial charge in [-0.3, -0.25) is 9.59 Å². The van der Waals surface area contributed by atoms with E-state index in [9.17, 15) is 9.59 Å². The van der Waals surface area contributed by atoms with Gasteiger partial charge in [-0.25, -0.2) is 0 Å². The van der Waals surface area contributed by atoms with Crippen molar-refractivity contribution in [1.82, 2.24) is 15.1 Å². The quantitative estimate of drug-likeness (QED) is 0.787. The van der Waals surface area contributed by atoms with Crippen molar-refractivity contribution < 1.29 is 9.59 Å². The summed E-state index contributed by atoms with van der Waals surface area (Å²) < 4.78 is 0. The second kappa shape index (κ2) is 6.37. The van der Waals surface area contributed by atoms with E-state index >= 15 is 0 Å². The van der Waals surface area contributed by atoms with Gasteiger partial charge >= 0.3 is 0 Å². The van der Waals surface area contributed by atoms with E-state index in [0.29, 0.717) is 44.7 Å². The number of rotatable bonds is 5. The molecule has 1 saturated carbocycles. The summed E-state index contributed by atoms with van der Waals surface area (Å²) in [5.41, 5.74) is 0. The Hall–Kier alpha value is -1.10. The summed E-state index contributed by atoms with van der Waals surface area (Å²) in [5, 5.41) is 3.22. The Kier molecular flexibility index (Phi) is 4.80. The standard InChI is InChI=1S/C14H25N3O2/c1-3-11(2)15-10-13(18)16-6-8-17(9-7-16)14(19)12-4-5-12/h11-12,15H,3-10H2,1-2H3. The first-order chi connectivity index (χ1) is 9.11. The second-order valence-electron chi connectivity index (χ2n) is 5.67. The van der Waals surface area contributed by atoms with Crippen LogP contribution in [-0.4, -0.2) is 60.4 Å². The van der Waals surface area contributed by atoms with E-state index in [2.05, 4.69) is 19.2 Å². The molecule has 1 atom stereocenters. The summed E-state index contributed by atoms with van der Waals surface area (Å²) in [6.45, 7) is 7.35. The molecule has 1 heterocycles. The van der Waals surface area contributed by atoms with Crippen LogP contribution in [0.3, 0.4) is 0 Å². The van der Waals surface area contributed by atoms with Crippen molar-refractivity contribution >= 4 is 11.8 Å². The number of hydrogen-bond donors (Lipinski definition) is 1. The summed E-state index contributed by atoms with van der Waals surface area (Å²) in [5.74, 6) is 0.734. The molecule has 0 radical (unpaired) electrons. The number of piperazine rings is 1. The molecule has 1 aliphatic heterocycles. The molecule has 19 heavy (non-hydrogen) atoms. The molecule has 2 rings (SSSR count). The molecule has 1 aliphatic carbocycles. The van der Waals surface area contributed by atoms with Gasteiger partial charge in [-0.1, -0.05) is 6.92 Å². The van der Waals surface area contributed by atoms with Crippen LogP contribution < -0.4 is 5.32 Å². The van der Waals surface area contributed by atoms with Gasteiger partial charge in [0.05, 0.1) is 6.54 Å². The van der Waals surface area contributed by atoms with Crippen molar-refractivity contribution in [3.63, 3.8) is 0 Å². The van der Waals surface area contributed by atoms with E-state index in [0.717, 1.165) is 19.3 Å². The van der Waals surface area contributed by atoms with E-state index in [1.165, 1.54) is 0 Å². The molecule has 5 heteroatoms. The van der Waals surface area contributed by atoms with Crippen molar-refractivity contribution in [2.45, 2.75) is 39.2 Å². The van der Waals surface area contributed by atoms with Crippen LogP contribution in [0.5, 0.6) is 0 Å². The van der Waals surface area contributed by atoms with Gasteiger partial charge in [0.2, 0.25) is 11.8 Å². The minimum Gasteiger partial charge on any atom is -0.339 e. The molecule has 5 nitrogen and oxygen atoms in total. The fraction of sp³-hybridized carbons (Fsp3) is 0.857. The van der Waals surface area contributed by atoms with Crippen molar-refractivity contribution in [3.05, 3.63) is 0 Å². The normalized spacial score (nSPS) is 21.4. The lowest BCUT2D eigenvalue weighted by Gasteiger charge is -2.35. The fourth-order valence-corrected chi connectivity index (χ4v) is 2.28. The van der Waals surface area contributed by atoms with Gasteiger partial charge in [0.15, 0.2) is 0 Å². The summed E-state index contributed by atoms with van der Waals surface area (Å²) in [7, 11) is 0. The van der Waals surface area contributed by atoms with Crippen molar-refractivity contribution in [3.8, 4) is 0 Å². The third-order valence-corrected chi connectivity index (χ3v) is 4.08. The van der Waals surface area contributed by atoms with Crippen LogP contribution in [0.4, 0.5) is 0 Å². The van der Waals surface area contributed by atoms with Crippen LogP contribution in [-0.2, 0) is 9.59 Å². The fourth-order valence-electron chi connectivity index (χ4n) is 2.28. The highest BCUT2D eigenvalue weighted by Crippen LogP contribution is 2.31. The summed E-state index contributed by atoms with van der Waals surface area (Å²) >= 11 is 0. The lowest BCUT2D eigenvalue weighted by atomic mass is 10.2. The number of nitrogens with zero attached hydrogens (tertiary/aromatic N) is 2. The van der Waals surface area contributed by atoms with Gasteiger partial charge in [-0.05, 0) is 26.2 Å². The predicted octanol–water partition coefficient (Wildman–Crippen LogP) is 0.455. The highest BCUT2D eigenvalue weighted by atomic mass is 16.2. The summed E-state index contributed by atoms with van der Waals surface area (Å²) in [4.78, 5) is 27.7. The average molecular weight is 267 g/mol. The Morgan fingerprint density at radius 3 is 2.26 bits per heavy atom. The van der Waals surface area contributed by atoms with Gasteiger partial charge in [-0.2, -0.15) is 0 Å². The van der Waals surface area contributed by atoms with Crippen LogP contribution in [0.1, 0.15) is 33.1 Å². The molecule has 108 valence electrons. The van der Waals surface area contributed by atoms with Gasteiger partial charge in [0, 0.05) is 38.1 Å². The van der Waals surface area contributed by atoms with E-state index in [-0.39, 0.29) is 11.8 Å². The third kappa shape index (κ3) is 3.93. The SMILES string of the molecule is CCC(C)NCC(=O)N1CCN(C(=O)C2CC2)CC1. The first-order valence-corrected chi connectivity index (χ1v) is 7.41. The number of nitrogens with one attached hydrogen (secondary N) is 1. The topological polar surface area (TPSA) is 52.7 Å². The molecular weight excluding hydrogens is 242 g/mol. The highest BCUT2D eigenvalue weighted by molar-refractivity contribution is 5.82. The van der Waals surface area contributed by atoms with E-state index in [1.54, 1.807) is 0 Å². The molecule has 1 saturated heterocycles. The van der Waals surface area contributed by atoms with Crippen LogP contribution in [0.25, 0.3) is 0 Å². The van der Waals surface area contributed by atoms with Crippen molar-refractivity contribution in [2.75, 3.05) is 32.7 Å². The highest BCUT2D eigenvalue weighted by Gasteiger charge is 2.35. The van der Waals surface area contributed by atoms with E-state index < -0.39 is 0 Å². The number of carbonyl (C=O) groups excluding carboxylic acids is 2. The zero-order valence-electron chi connectivity index (χ0n) is 12.0. The maximum atomic E-state index is 12.0. The van der Waals surface area contributed by atoms with Gasteiger partial charge in [-0.15, -0.1) is 0 Å². The lowest BCUT2D eigenvalue weighted by molar-refractivity contribution is -0.139. The molecule has 0 bridgehead atoms. The minimum atomic E-state index is 0.152. The molecule has 1 N–H and O–H groups in total. The minimum absolute atomic E-state index is 0.152. The van der Waals surface area contributed by atoms with Crippen LogP contribution in [0.15, 0.2) is 0 Å². The van der Waals surface area contributed by atoms with Crippen molar-refractivity contribution in [1.29, 1.82) is 0 Å². The van der Waals surface area contributed by atoms with Crippen LogP contribution in [0, 0.1) is 5.92 Å². The number of amides is 2. The lowest BCUT2D eigenvalue weighted by Crippen LogP contribution is -2.53. The summed E-state index contributed by atoms with van der Waals surface area (Å²) in [6.07, 6.45) is 3.13. The monoisotopic (exact) mass is 267 g/mol. The van der Waals surface area contributed by atoms with E-state index in [4.69, 9.17) is 0 Å². The molecular formula is C14H25N3O2. The Morgan fingerprint density at radius 1 is 1.16 bits per heavy atom. The maximum absolute atomic E-state index is 12.0. The number of hydrogen-bond acceptors (Lipinski definition) is 3. The Bertz CT molecular complexity index is 334. The Labute approximate surface area is 115 Å². The average Bonchev–Trinajstić information content (AvgIpc) is 3.28. The Morgan fingerprint density at radius 2 is 1.74 bits per heavy atom. The zero-order chi connectivity index (χ0) is 13.8. The smallest absolute Gasteiger partial charge is 0.236 e. The molecule has 1 unspecified atom stereocenters. The predicted molar refractivity (Wildman–Crippen MR) is 73.6 cm³/mol.